The number of likely N-dealkylation sites (tertiary alicyclic amines) is 1. The summed E-state index contributed by atoms with van der Waals surface area (Å²) in [7, 11) is 2.26. The van der Waals surface area contributed by atoms with E-state index in [1.807, 2.05) is 36.2 Å². The number of rotatable bonds is 7. The first kappa shape index (κ1) is 19.2. The molecule has 0 N–H and O–H groups in total. The summed E-state index contributed by atoms with van der Waals surface area (Å²) in [5.41, 5.74) is 2.26. The SMILES string of the molecule is CN1CCCCC1CCSc1nnc(-c2cccnc2)n1Cc1ccccc1. The van der Waals surface area contributed by atoms with E-state index < -0.39 is 0 Å². The lowest BCUT2D eigenvalue weighted by atomic mass is 10.0. The predicted molar refractivity (Wildman–Crippen MR) is 114 cm³/mol. The molecule has 3 aromatic rings. The largest absolute Gasteiger partial charge is 0.303 e. The van der Waals surface area contributed by atoms with Crippen molar-refractivity contribution >= 4 is 11.8 Å². The van der Waals surface area contributed by atoms with E-state index >= 15 is 0 Å². The minimum Gasteiger partial charge on any atom is -0.303 e. The van der Waals surface area contributed by atoms with E-state index in [9.17, 15) is 0 Å². The summed E-state index contributed by atoms with van der Waals surface area (Å²) in [6, 6.07) is 15.2. The molecule has 5 nitrogen and oxygen atoms in total. The molecule has 3 heterocycles. The fraction of sp³-hybridized carbons (Fsp3) is 0.409. The first-order valence-electron chi connectivity index (χ1n) is 10.0. The Kier molecular flexibility index (Phi) is 6.39. The molecule has 2 aromatic heterocycles. The molecule has 4 rings (SSSR count). The van der Waals surface area contributed by atoms with Crippen molar-refractivity contribution in [1.82, 2.24) is 24.6 Å². The Labute approximate surface area is 171 Å². The molecule has 0 amide bonds. The zero-order valence-electron chi connectivity index (χ0n) is 16.4. The average molecular weight is 394 g/mol. The quantitative estimate of drug-likeness (QED) is 0.558. The summed E-state index contributed by atoms with van der Waals surface area (Å²) in [5, 5.41) is 10.0. The minimum atomic E-state index is 0.699. The predicted octanol–water partition coefficient (Wildman–Crippen LogP) is 4.35. The van der Waals surface area contributed by atoms with Crippen molar-refractivity contribution in [3.8, 4) is 11.4 Å². The van der Waals surface area contributed by atoms with Crippen LogP contribution in [0.25, 0.3) is 11.4 Å². The Morgan fingerprint density at radius 1 is 1.07 bits per heavy atom. The second kappa shape index (κ2) is 9.34. The normalized spacial score (nSPS) is 17.7. The van der Waals surface area contributed by atoms with Gasteiger partial charge in [-0.05, 0) is 50.6 Å². The lowest BCUT2D eigenvalue weighted by molar-refractivity contribution is 0.182. The molecule has 0 radical (unpaired) electrons. The maximum absolute atomic E-state index is 4.52. The molecule has 1 saturated heterocycles. The summed E-state index contributed by atoms with van der Waals surface area (Å²) < 4.78 is 2.22. The number of piperidine rings is 1. The van der Waals surface area contributed by atoms with Gasteiger partial charge in [-0.1, -0.05) is 48.5 Å². The smallest absolute Gasteiger partial charge is 0.191 e. The van der Waals surface area contributed by atoms with Crippen molar-refractivity contribution in [3.63, 3.8) is 0 Å². The third-order valence-electron chi connectivity index (χ3n) is 5.42. The summed E-state index contributed by atoms with van der Waals surface area (Å²) in [5.74, 6) is 1.95. The summed E-state index contributed by atoms with van der Waals surface area (Å²) in [6.07, 6.45) is 8.85. The van der Waals surface area contributed by atoms with Crippen LogP contribution in [-0.2, 0) is 6.54 Å². The minimum absolute atomic E-state index is 0.699. The van der Waals surface area contributed by atoms with Gasteiger partial charge in [0.1, 0.15) is 0 Å². The Morgan fingerprint density at radius 2 is 1.96 bits per heavy atom. The number of hydrogen-bond donors (Lipinski definition) is 0. The van der Waals surface area contributed by atoms with Crippen molar-refractivity contribution in [2.24, 2.45) is 0 Å². The van der Waals surface area contributed by atoms with E-state index in [4.69, 9.17) is 0 Å². The molecular formula is C22H27N5S. The maximum Gasteiger partial charge on any atom is 0.191 e. The molecular weight excluding hydrogens is 366 g/mol. The van der Waals surface area contributed by atoms with Crippen LogP contribution in [0.1, 0.15) is 31.2 Å². The molecule has 0 bridgehead atoms. The molecule has 28 heavy (non-hydrogen) atoms. The van der Waals surface area contributed by atoms with Crippen LogP contribution >= 0.6 is 11.8 Å². The van der Waals surface area contributed by atoms with Gasteiger partial charge in [0.15, 0.2) is 11.0 Å². The van der Waals surface area contributed by atoms with E-state index in [0.29, 0.717) is 6.04 Å². The molecule has 0 saturated carbocycles. The van der Waals surface area contributed by atoms with E-state index in [1.54, 1.807) is 6.20 Å². The molecule has 6 heteroatoms. The van der Waals surface area contributed by atoms with Crippen molar-refractivity contribution in [2.45, 2.75) is 43.4 Å². The molecule has 1 atom stereocenters. The molecule has 1 aromatic carbocycles. The van der Waals surface area contributed by atoms with Crippen LogP contribution in [0.5, 0.6) is 0 Å². The van der Waals surface area contributed by atoms with Crippen LogP contribution < -0.4 is 0 Å². The Hall–Kier alpha value is -2.18. The van der Waals surface area contributed by atoms with Gasteiger partial charge >= 0.3 is 0 Å². The fourth-order valence-electron chi connectivity index (χ4n) is 3.81. The van der Waals surface area contributed by atoms with Crippen LogP contribution in [-0.4, -0.2) is 50.0 Å². The van der Waals surface area contributed by atoms with Gasteiger partial charge in [-0.25, -0.2) is 0 Å². The van der Waals surface area contributed by atoms with E-state index in [1.165, 1.54) is 37.8 Å². The standard InChI is InChI=1S/C22H27N5S/c1-26-14-6-5-11-20(26)12-15-28-22-25-24-21(19-10-7-13-23-16-19)27(22)17-18-8-3-2-4-9-18/h2-4,7-10,13,16,20H,5-6,11-12,14-15,17H2,1H3. The molecule has 1 aliphatic heterocycles. The van der Waals surface area contributed by atoms with Crippen molar-refractivity contribution in [2.75, 3.05) is 19.3 Å². The zero-order chi connectivity index (χ0) is 19.2. The van der Waals surface area contributed by atoms with E-state index in [-0.39, 0.29) is 0 Å². The Balaban J connectivity index is 1.52. The fourth-order valence-corrected chi connectivity index (χ4v) is 4.79. The van der Waals surface area contributed by atoms with Gasteiger partial charge in [0, 0.05) is 29.8 Å². The van der Waals surface area contributed by atoms with Crippen molar-refractivity contribution in [1.29, 1.82) is 0 Å². The van der Waals surface area contributed by atoms with Gasteiger partial charge in [-0.2, -0.15) is 0 Å². The van der Waals surface area contributed by atoms with Crippen LogP contribution in [0, 0.1) is 0 Å². The second-order valence-electron chi connectivity index (χ2n) is 7.39. The molecule has 1 fully saturated rings. The van der Waals surface area contributed by atoms with Crippen LogP contribution in [0.3, 0.4) is 0 Å². The lowest BCUT2D eigenvalue weighted by Crippen LogP contribution is -2.36. The molecule has 1 unspecified atom stereocenters. The number of thioether (sulfide) groups is 1. The third-order valence-corrected chi connectivity index (χ3v) is 6.42. The van der Waals surface area contributed by atoms with Gasteiger partial charge in [-0.3, -0.25) is 9.55 Å². The number of benzene rings is 1. The number of aromatic nitrogens is 4. The average Bonchev–Trinajstić information content (AvgIpc) is 3.13. The lowest BCUT2D eigenvalue weighted by Gasteiger charge is -2.32. The van der Waals surface area contributed by atoms with Gasteiger partial charge in [0.2, 0.25) is 0 Å². The maximum atomic E-state index is 4.52. The Morgan fingerprint density at radius 3 is 2.75 bits per heavy atom. The van der Waals surface area contributed by atoms with Crippen LogP contribution in [0.15, 0.2) is 60.0 Å². The molecule has 1 aliphatic rings. The van der Waals surface area contributed by atoms with E-state index in [2.05, 4.69) is 56.0 Å². The topological polar surface area (TPSA) is 46.8 Å². The number of nitrogens with zero attached hydrogens (tertiary/aromatic N) is 5. The Bertz CT molecular complexity index is 865. The molecule has 0 spiro atoms. The second-order valence-corrected chi connectivity index (χ2v) is 8.45. The van der Waals surface area contributed by atoms with Gasteiger partial charge < -0.3 is 4.90 Å². The van der Waals surface area contributed by atoms with Crippen LogP contribution in [0.2, 0.25) is 0 Å². The summed E-state index contributed by atoms with van der Waals surface area (Å²) in [6.45, 7) is 1.99. The summed E-state index contributed by atoms with van der Waals surface area (Å²) in [4.78, 5) is 6.77. The van der Waals surface area contributed by atoms with Crippen molar-refractivity contribution < 1.29 is 0 Å². The zero-order valence-corrected chi connectivity index (χ0v) is 17.2. The third kappa shape index (κ3) is 4.62. The number of pyridine rings is 1. The highest BCUT2D eigenvalue weighted by atomic mass is 32.2. The summed E-state index contributed by atoms with van der Waals surface area (Å²) >= 11 is 1.82. The van der Waals surface area contributed by atoms with Crippen molar-refractivity contribution in [3.05, 3.63) is 60.4 Å². The van der Waals surface area contributed by atoms with Crippen LogP contribution in [0.4, 0.5) is 0 Å². The monoisotopic (exact) mass is 393 g/mol. The molecule has 146 valence electrons. The highest BCUT2D eigenvalue weighted by Gasteiger charge is 2.20. The number of hydrogen-bond acceptors (Lipinski definition) is 5. The van der Waals surface area contributed by atoms with E-state index in [0.717, 1.165) is 28.8 Å². The molecule has 0 aliphatic carbocycles. The van der Waals surface area contributed by atoms with Gasteiger partial charge in [0.25, 0.3) is 0 Å². The first-order chi connectivity index (χ1) is 13.8. The first-order valence-corrected chi connectivity index (χ1v) is 11.0. The highest BCUT2D eigenvalue weighted by Crippen LogP contribution is 2.27. The van der Waals surface area contributed by atoms with Gasteiger partial charge in [0.05, 0.1) is 6.54 Å². The highest BCUT2D eigenvalue weighted by molar-refractivity contribution is 7.99. The van der Waals surface area contributed by atoms with Gasteiger partial charge in [-0.15, -0.1) is 10.2 Å².